The van der Waals surface area contributed by atoms with Crippen LogP contribution in [-0.2, 0) is 30.3 Å². The summed E-state index contributed by atoms with van der Waals surface area (Å²) in [4.78, 5) is 55.2. The molecule has 0 unspecified atom stereocenters. The summed E-state index contributed by atoms with van der Waals surface area (Å²) in [5.74, 6) is -3.18. The van der Waals surface area contributed by atoms with Gasteiger partial charge in [0.25, 0.3) is 5.91 Å². The molecule has 9 heteroatoms. The lowest BCUT2D eigenvalue weighted by atomic mass is 9.96. The zero-order chi connectivity index (χ0) is 32.9. The summed E-state index contributed by atoms with van der Waals surface area (Å²) in [6.07, 6.45) is 5.61. The fraction of sp³-hybridized carbons (Fsp3) is 0.351. The highest BCUT2D eigenvalue weighted by Crippen LogP contribution is 2.22. The van der Waals surface area contributed by atoms with Crippen LogP contribution in [0, 0.1) is 11.8 Å². The number of ether oxygens (including phenoxy) is 1. The topological polar surface area (TPSA) is 125 Å². The van der Waals surface area contributed by atoms with Crippen LogP contribution in [0.5, 0.6) is 0 Å². The first-order chi connectivity index (χ1) is 22.3. The third-order valence-electron chi connectivity index (χ3n) is 8.30. The average molecular weight is 626 g/mol. The van der Waals surface area contributed by atoms with Gasteiger partial charge in [0.15, 0.2) is 0 Å². The normalized spacial score (nSPS) is 16.2. The molecule has 3 N–H and O–H groups in total. The molecule has 1 saturated heterocycles. The van der Waals surface area contributed by atoms with Crippen molar-refractivity contribution in [1.82, 2.24) is 10.2 Å². The van der Waals surface area contributed by atoms with E-state index < -0.39 is 42.3 Å². The number of hydrogen-bond donors (Lipinski definition) is 3. The van der Waals surface area contributed by atoms with E-state index in [1.165, 1.54) is 0 Å². The van der Waals surface area contributed by atoms with E-state index in [4.69, 9.17) is 4.74 Å². The number of nitrogens with one attached hydrogen (secondary N) is 2. The lowest BCUT2D eigenvalue weighted by Crippen LogP contribution is -2.50. The number of hydrogen-bond acceptors (Lipinski definition) is 6. The largest absolute Gasteiger partial charge is 0.463 e. The van der Waals surface area contributed by atoms with Gasteiger partial charge in [-0.05, 0) is 60.6 Å². The molecule has 0 bridgehead atoms. The lowest BCUT2D eigenvalue weighted by molar-refractivity contribution is -0.150. The van der Waals surface area contributed by atoms with Gasteiger partial charge in [0.05, 0.1) is 24.5 Å². The Morgan fingerprint density at radius 3 is 2.33 bits per heavy atom. The highest BCUT2D eigenvalue weighted by Gasteiger charge is 2.33. The van der Waals surface area contributed by atoms with Crippen LogP contribution in [0.3, 0.4) is 0 Å². The Morgan fingerprint density at radius 2 is 1.61 bits per heavy atom. The maximum Gasteiger partial charge on any atom is 0.309 e. The summed E-state index contributed by atoms with van der Waals surface area (Å²) >= 11 is 0. The fourth-order valence-electron chi connectivity index (χ4n) is 5.78. The predicted octanol–water partition coefficient (Wildman–Crippen LogP) is 4.81. The van der Waals surface area contributed by atoms with Crippen molar-refractivity contribution in [2.45, 2.75) is 50.6 Å². The molecule has 1 heterocycles. The summed E-state index contributed by atoms with van der Waals surface area (Å²) in [5, 5.41) is 17.2. The molecule has 46 heavy (non-hydrogen) atoms. The SMILES string of the molecule is C=CC[C@@H](CC(=O)N1CCC[C@H]1CO)C(=O)N[C@@H](COC(=O)[C@@H](CC=C)Cc1ccccc1)C(=O)Nc1ccc2ccccc2c1. The number of amides is 3. The number of carbonyl (C=O) groups excluding carboxylic acids is 4. The number of likely N-dealkylation sites (tertiary alicyclic amines) is 1. The van der Waals surface area contributed by atoms with Crippen LogP contribution in [-0.4, -0.2) is 65.5 Å². The molecule has 3 aromatic carbocycles. The number of nitrogens with zero attached hydrogens (tertiary/aromatic N) is 1. The van der Waals surface area contributed by atoms with E-state index in [1.54, 1.807) is 23.1 Å². The Bertz CT molecular complexity index is 1520. The summed E-state index contributed by atoms with van der Waals surface area (Å²) in [7, 11) is 0. The maximum absolute atomic E-state index is 13.6. The summed E-state index contributed by atoms with van der Waals surface area (Å²) in [6, 6.07) is 21.2. The predicted molar refractivity (Wildman–Crippen MR) is 179 cm³/mol. The summed E-state index contributed by atoms with van der Waals surface area (Å²) in [5.41, 5.74) is 1.48. The Labute approximate surface area is 270 Å². The van der Waals surface area contributed by atoms with E-state index in [2.05, 4.69) is 23.8 Å². The number of aliphatic hydroxyl groups excluding tert-OH is 1. The summed E-state index contributed by atoms with van der Waals surface area (Å²) in [6.45, 7) is 7.50. The highest BCUT2D eigenvalue weighted by atomic mass is 16.5. The second-order valence-corrected chi connectivity index (χ2v) is 11.6. The van der Waals surface area contributed by atoms with Crippen LogP contribution < -0.4 is 10.6 Å². The molecular weight excluding hydrogens is 582 g/mol. The van der Waals surface area contributed by atoms with Crippen molar-refractivity contribution in [2.75, 3.05) is 25.1 Å². The molecule has 1 aliphatic rings. The van der Waals surface area contributed by atoms with Crippen molar-refractivity contribution >= 4 is 40.2 Å². The van der Waals surface area contributed by atoms with Crippen molar-refractivity contribution in [1.29, 1.82) is 0 Å². The molecule has 0 saturated carbocycles. The Hall–Kier alpha value is -4.76. The van der Waals surface area contributed by atoms with Crippen LogP contribution in [0.4, 0.5) is 5.69 Å². The van der Waals surface area contributed by atoms with Crippen molar-refractivity contribution in [3.05, 3.63) is 104 Å². The zero-order valence-corrected chi connectivity index (χ0v) is 26.1. The van der Waals surface area contributed by atoms with E-state index in [0.29, 0.717) is 31.5 Å². The molecule has 0 aromatic heterocycles. The molecule has 4 atom stereocenters. The first-order valence-electron chi connectivity index (χ1n) is 15.8. The number of carbonyl (C=O) groups is 4. The molecule has 3 amide bonds. The van der Waals surface area contributed by atoms with Gasteiger partial charge in [0.1, 0.15) is 12.6 Å². The minimum absolute atomic E-state index is 0.106. The van der Waals surface area contributed by atoms with Gasteiger partial charge < -0.3 is 25.4 Å². The third kappa shape index (κ3) is 9.37. The van der Waals surface area contributed by atoms with Crippen LogP contribution >= 0.6 is 0 Å². The van der Waals surface area contributed by atoms with Gasteiger partial charge in [0.2, 0.25) is 11.8 Å². The van der Waals surface area contributed by atoms with Crippen LogP contribution in [0.1, 0.15) is 37.7 Å². The number of aliphatic hydroxyl groups is 1. The van der Waals surface area contributed by atoms with Gasteiger partial charge in [-0.15, -0.1) is 13.2 Å². The standard InChI is InChI=1S/C37H43N3O6/c1-3-11-29(23-34(42)40-20-10-17-32(40)24-41)35(43)39-33(36(44)38-31-19-18-27-15-8-9-16-28(27)22-31)25-46-37(45)30(12-4-2)21-26-13-6-5-7-14-26/h3-9,13-16,18-19,22,29-30,32-33,41H,1-2,10-12,17,20-21,23-25H2,(H,38,44)(H,39,43)/t29-,30-,32-,33-/m0/s1. The minimum Gasteiger partial charge on any atom is -0.463 e. The van der Waals surface area contributed by atoms with Crippen molar-refractivity contribution in [2.24, 2.45) is 11.8 Å². The van der Waals surface area contributed by atoms with Crippen LogP contribution in [0.2, 0.25) is 0 Å². The fourth-order valence-corrected chi connectivity index (χ4v) is 5.78. The zero-order valence-electron chi connectivity index (χ0n) is 26.1. The van der Waals surface area contributed by atoms with Crippen molar-refractivity contribution in [3.63, 3.8) is 0 Å². The van der Waals surface area contributed by atoms with Gasteiger partial charge >= 0.3 is 5.97 Å². The van der Waals surface area contributed by atoms with Crippen LogP contribution in [0.15, 0.2) is 98.1 Å². The van der Waals surface area contributed by atoms with E-state index in [0.717, 1.165) is 22.8 Å². The number of anilines is 1. The van der Waals surface area contributed by atoms with Gasteiger partial charge in [-0.2, -0.15) is 0 Å². The van der Waals surface area contributed by atoms with E-state index in [-0.39, 0.29) is 31.4 Å². The van der Waals surface area contributed by atoms with Gasteiger partial charge in [-0.25, -0.2) is 0 Å². The molecule has 0 spiro atoms. The number of benzene rings is 3. The number of esters is 1. The quantitative estimate of drug-likeness (QED) is 0.155. The molecule has 1 fully saturated rings. The first-order valence-corrected chi connectivity index (χ1v) is 15.8. The van der Waals surface area contributed by atoms with E-state index in [9.17, 15) is 24.3 Å². The van der Waals surface area contributed by atoms with Gasteiger partial charge in [0, 0.05) is 18.7 Å². The smallest absolute Gasteiger partial charge is 0.309 e. The van der Waals surface area contributed by atoms with Crippen molar-refractivity contribution in [3.8, 4) is 0 Å². The minimum atomic E-state index is -1.23. The molecule has 0 aliphatic carbocycles. The Kier molecular flexibility index (Phi) is 12.7. The molecule has 3 aromatic rings. The monoisotopic (exact) mass is 625 g/mol. The molecule has 0 radical (unpaired) electrons. The lowest BCUT2D eigenvalue weighted by Gasteiger charge is -2.26. The maximum atomic E-state index is 13.6. The van der Waals surface area contributed by atoms with Gasteiger partial charge in [-0.1, -0.05) is 72.8 Å². The first kappa shape index (κ1) is 34.1. The molecular formula is C37H43N3O6. The highest BCUT2D eigenvalue weighted by molar-refractivity contribution is 5.99. The number of rotatable bonds is 16. The second kappa shape index (κ2) is 17.1. The molecule has 4 rings (SSSR count). The molecule has 1 aliphatic heterocycles. The Morgan fingerprint density at radius 1 is 0.913 bits per heavy atom. The summed E-state index contributed by atoms with van der Waals surface area (Å²) < 4.78 is 5.67. The third-order valence-corrected chi connectivity index (χ3v) is 8.30. The van der Waals surface area contributed by atoms with E-state index in [1.807, 2.05) is 66.7 Å². The van der Waals surface area contributed by atoms with Crippen molar-refractivity contribution < 1.29 is 29.0 Å². The van der Waals surface area contributed by atoms with Gasteiger partial charge in [-0.3, -0.25) is 19.2 Å². The molecule has 242 valence electrons. The molecule has 9 nitrogen and oxygen atoms in total. The Balaban J connectivity index is 1.50. The number of fused-ring (bicyclic) bond motifs is 1. The van der Waals surface area contributed by atoms with E-state index >= 15 is 0 Å². The second-order valence-electron chi connectivity index (χ2n) is 11.6. The number of allylic oxidation sites excluding steroid dienone is 2. The van der Waals surface area contributed by atoms with Crippen LogP contribution in [0.25, 0.3) is 10.8 Å². The average Bonchev–Trinajstić information content (AvgIpc) is 3.56.